The Kier molecular flexibility index (Phi) is 4.28. The van der Waals surface area contributed by atoms with Crippen LogP contribution in [0.2, 0.25) is 0 Å². The van der Waals surface area contributed by atoms with Gasteiger partial charge in [0.1, 0.15) is 0 Å². The van der Waals surface area contributed by atoms with Gasteiger partial charge >= 0.3 is 0 Å². The van der Waals surface area contributed by atoms with Crippen LogP contribution in [0.3, 0.4) is 0 Å². The van der Waals surface area contributed by atoms with Crippen molar-refractivity contribution >= 4 is 17.5 Å². The molecule has 1 aromatic heterocycles. The Labute approximate surface area is 114 Å². The fraction of sp³-hybridized carbons (Fsp3) is 0.0714. The van der Waals surface area contributed by atoms with Gasteiger partial charge in [0.25, 0.3) is 5.91 Å². The summed E-state index contributed by atoms with van der Waals surface area (Å²) in [7, 11) is 0. The molecule has 0 radical (unpaired) electrons. The molecule has 2 rings (SSSR count). The second-order valence-electron chi connectivity index (χ2n) is 4.04. The van der Waals surface area contributed by atoms with Crippen molar-refractivity contribution in [2.24, 2.45) is 0 Å². The SMILES string of the molecule is O=C(CNC(=O)c1ccccc1)Nc1ccc(=O)[nH]c1. The largest absolute Gasteiger partial charge is 0.343 e. The summed E-state index contributed by atoms with van der Waals surface area (Å²) in [5, 5.41) is 5.06. The fourth-order valence-electron chi connectivity index (χ4n) is 1.55. The van der Waals surface area contributed by atoms with Crippen LogP contribution in [-0.2, 0) is 4.79 Å². The lowest BCUT2D eigenvalue weighted by atomic mass is 10.2. The smallest absolute Gasteiger partial charge is 0.251 e. The number of anilines is 1. The average molecular weight is 271 g/mol. The van der Waals surface area contributed by atoms with Crippen molar-refractivity contribution < 1.29 is 9.59 Å². The van der Waals surface area contributed by atoms with E-state index in [-0.39, 0.29) is 23.9 Å². The summed E-state index contributed by atoms with van der Waals surface area (Å²) in [6.45, 7) is -0.146. The number of benzene rings is 1. The van der Waals surface area contributed by atoms with Gasteiger partial charge in [-0.3, -0.25) is 14.4 Å². The summed E-state index contributed by atoms with van der Waals surface area (Å²) in [6.07, 6.45) is 1.39. The minimum Gasteiger partial charge on any atom is -0.343 e. The van der Waals surface area contributed by atoms with Gasteiger partial charge in [-0.1, -0.05) is 18.2 Å². The minimum absolute atomic E-state index is 0.146. The Morgan fingerprint density at radius 1 is 1.05 bits per heavy atom. The molecular formula is C14H13N3O3. The molecule has 0 spiro atoms. The number of carbonyl (C=O) groups excluding carboxylic acids is 2. The number of amides is 2. The van der Waals surface area contributed by atoms with Crippen molar-refractivity contribution in [2.45, 2.75) is 0 Å². The number of rotatable bonds is 4. The van der Waals surface area contributed by atoms with E-state index in [0.29, 0.717) is 11.3 Å². The molecule has 6 heteroatoms. The molecule has 0 saturated heterocycles. The Hall–Kier alpha value is -2.89. The molecule has 0 atom stereocenters. The first-order valence-electron chi connectivity index (χ1n) is 5.97. The molecular weight excluding hydrogens is 258 g/mol. The Morgan fingerprint density at radius 3 is 2.45 bits per heavy atom. The van der Waals surface area contributed by atoms with Crippen LogP contribution in [0.5, 0.6) is 0 Å². The lowest BCUT2D eigenvalue weighted by Crippen LogP contribution is -2.32. The third-order valence-corrected chi connectivity index (χ3v) is 2.51. The monoisotopic (exact) mass is 271 g/mol. The van der Waals surface area contributed by atoms with E-state index in [0.717, 1.165) is 0 Å². The number of carbonyl (C=O) groups is 2. The zero-order chi connectivity index (χ0) is 14.4. The summed E-state index contributed by atoms with van der Waals surface area (Å²) in [5.74, 6) is -0.691. The lowest BCUT2D eigenvalue weighted by molar-refractivity contribution is -0.115. The van der Waals surface area contributed by atoms with Gasteiger partial charge < -0.3 is 15.6 Å². The maximum absolute atomic E-state index is 11.7. The van der Waals surface area contributed by atoms with Gasteiger partial charge in [-0.2, -0.15) is 0 Å². The molecule has 1 aromatic carbocycles. The zero-order valence-corrected chi connectivity index (χ0v) is 10.6. The van der Waals surface area contributed by atoms with E-state index in [1.54, 1.807) is 30.3 Å². The third-order valence-electron chi connectivity index (χ3n) is 2.51. The van der Waals surface area contributed by atoms with Gasteiger partial charge in [-0.25, -0.2) is 0 Å². The summed E-state index contributed by atoms with van der Waals surface area (Å²) in [6, 6.07) is 11.4. The first-order chi connectivity index (χ1) is 9.65. The second-order valence-corrected chi connectivity index (χ2v) is 4.04. The molecule has 0 aliphatic heterocycles. The molecule has 102 valence electrons. The number of nitrogens with one attached hydrogen (secondary N) is 3. The number of pyridine rings is 1. The molecule has 0 aliphatic carbocycles. The normalized spacial score (nSPS) is 9.80. The van der Waals surface area contributed by atoms with E-state index >= 15 is 0 Å². The number of hydrogen-bond donors (Lipinski definition) is 3. The average Bonchev–Trinajstić information content (AvgIpc) is 2.48. The van der Waals surface area contributed by atoms with Gasteiger partial charge in [-0.15, -0.1) is 0 Å². The van der Waals surface area contributed by atoms with Gasteiger partial charge in [0.05, 0.1) is 12.2 Å². The Bertz CT molecular complexity index is 644. The molecule has 0 aliphatic rings. The number of H-pyrrole nitrogens is 1. The van der Waals surface area contributed by atoms with Crippen LogP contribution in [0.15, 0.2) is 53.5 Å². The van der Waals surface area contributed by atoms with Crippen molar-refractivity contribution in [3.05, 3.63) is 64.6 Å². The Balaban J connectivity index is 1.85. The van der Waals surface area contributed by atoms with Crippen LogP contribution >= 0.6 is 0 Å². The highest BCUT2D eigenvalue weighted by Crippen LogP contribution is 2.00. The standard InChI is InChI=1S/C14H13N3O3/c18-12-7-6-11(8-15-12)17-13(19)9-16-14(20)10-4-2-1-3-5-10/h1-8H,9H2,(H,15,18)(H,16,20)(H,17,19). The fourth-order valence-corrected chi connectivity index (χ4v) is 1.55. The Morgan fingerprint density at radius 2 is 1.80 bits per heavy atom. The zero-order valence-electron chi connectivity index (χ0n) is 10.6. The summed E-state index contributed by atoms with van der Waals surface area (Å²) < 4.78 is 0. The molecule has 2 aromatic rings. The van der Waals surface area contributed by atoms with Gasteiger partial charge in [0.2, 0.25) is 11.5 Å². The second kappa shape index (κ2) is 6.33. The van der Waals surface area contributed by atoms with E-state index in [9.17, 15) is 14.4 Å². The summed E-state index contributed by atoms with van der Waals surface area (Å²) in [4.78, 5) is 36.6. The van der Waals surface area contributed by atoms with Crippen LogP contribution in [-0.4, -0.2) is 23.3 Å². The van der Waals surface area contributed by atoms with E-state index in [1.165, 1.54) is 18.3 Å². The highest BCUT2D eigenvalue weighted by Gasteiger charge is 2.07. The van der Waals surface area contributed by atoms with Gasteiger partial charge in [0, 0.05) is 17.8 Å². The van der Waals surface area contributed by atoms with Crippen LogP contribution in [0.1, 0.15) is 10.4 Å². The van der Waals surface area contributed by atoms with Crippen LogP contribution in [0, 0.1) is 0 Å². The van der Waals surface area contributed by atoms with Crippen LogP contribution in [0.25, 0.3) is 0 Å². The number of aromatic nitrogens is 1. The quantitative estimate of drug-likeness (QED) is 0.766. The van der Waals surface area contributed by atoms with Crippen molar-refractivity contribution in [1.82, 2.24) is 10.3 Å². The van der Waals surface area contributed by atoms with Gasteiger partial charge in [0.15, 0.2) is 0 Å². The van der Waals surface area contributed by atoms with Crippen molar-refractivity contribution in [2.75, 3.05) is 11.9 Å². The molecule has 0 unspecified atom stereocenters. The highest BCUT2D eigenvalue weighted by molar-refractivity contribution is 5.99. The molecule has 0 fully saturated rings. The van der Waals surface area contributed by atoms with Gasteiger partial charge in [-0.05, 0) is 18.2 Å². The van der Waals surface area contributed by atoms with Crippen molar-refractivity contribution in [1.29, 1.82) is 0 Å². The number of aromatic amines is 1. The topological polar surface area (TPSA) is 91.1 Å². The minimum atomic E-state index is -0.374. The maximum Gasteiger partial charge on any atom is 0.251 e. The predicted octanol–water partition coefficient (Wildman–Crippen LogP) is 0.743. The molecule has 6 nitrogen and oxygen atoms in total. The van der Waals surface area contributed by atoms with Crippen molar-refractivity contribution in [3.63, 3.8) is 0 Å². The molecule has 1 heterocycles. The molecule has 0 bridgehead atoms. The summed E-state index contributed by atoms with van der Waals surface area (Å²) in [5.41, 5.74) is 0.702. The predicted molar refractivity (Wildman–Crippen MR) is 74.5 cm³/mol. The van der Waals surface area contributed by atoms with E-state index in [2.05, 4.69) is 15.6 Å². The summed E-state index contributed by atoms with van der Waals surface area (Å²) >= 11 is 0. The molecule has 2 amide bonds. The molecule has 0 saturated carbocycles. The van der Waals surface area contributed by atoms with Crippen LogP contribution in [0.4, 0.5) is 5.69 Å². The van der Waals surface area contributed by atoms with E-state index < -0.39 is 0 Å². The number of hydrogen-bond acceptors (Lipinski definition) is 3. The van der Waals surface area contributed by atoms with Crippen molar-refractivity contribution in [3.8, 4) is 0 Å². The van der Waals surface area contributed by atoms with E-state index in [4.69, 9.17) is 0 Å². The molecule has 3 N–H and O–H groups in total. The first kappa shape index (κ1) is 13.5. The molecule has 20 heavy (non-hydrogen) atoms. The first-order valence-corrected chi connectivity index (χ1v) is 5.97. The maximum atomic E-state index is 11.7. The third kappa shape index (κ3) is 3.81. The van der Waals surface area contributed by atoms with E-state index in [1.807, 2.05) is 0 Å². The lowest BCUT2D eigenvalue weighted by Gasteiger charge is -2.06. The van der Waals surface area contributed by atoms with Crippen LogP contribution < -0.4 is 16.2 Å². The highest BCUT2D eigenvalue weighted by atomic mass is 16.2.